The molecule has 0 heterocycles. The van der Waals surface area contributed by atoms with Crippen LogP contribution in [0.3, 0.4) is 0 Å². The minimum Gasteiger partial charge on any atom is -0.299 e. The van der Waals surface area contributed by atoms with Gasteiger partial charge in [0, 0.05) is 12.3 Å². The van der Waals surface area contributed by atoms with Crippen molar-refractivity contribution in [2.24, 2.45) is 29.1 Å². The Kier molecular flexibility index (Phi) is 1.06. The van der Waals surface area contributed by atoms with E-state index in [1.807, 2.05) is 0 Å². The highest BCUT2D eigenvalue weighted by molar-refractivity contribution is 5.84. The van der Waals surface area contributed by atoms with Crippen LogP contribution in [0.4, 0.5) is 0 Å². The van der Waals surface area contributed by atoms with Crippen molar-refractivity contribution in [2.75, 3.05) is 0 Å². The van der Waals surface area contributed by atoms with Crippen LogP contribution in [-0.4, -0.2) is 5.78 Å². The Balaban J connectivity index is 2.03. The quantitative estimate of drug-likeness (QED) is 0.536. The molecule has 0 aliphatic heterocycles. The minimum atomic E-state index is 0.468. The molecule has 0 aromatic carbocycles. The Morgan fingerprint density at radius 1 is 1.42 bits per heavy atom. The summed E-state index contributed by atoms with van der Waals surface area (Å²) in [4.78, 5) is 11.6. The standard InChI is InChI=1S/C11H16O/c1-6-10-8-4-3-7(5-9(8)12)11(6,10)2/h6-8,10H,3-5H2,1-2H3. The molecule has 4 fully saturated rings. The zero-order valence-corrected chi connectivity index (χ0v) is 7.84. The van der Waals surface area contributed by atoms with Crippen molar-refractivity contribution in [3.63, 3.8) is 0 Å². The zero-order valence-electron chi connectivity index (χ0n) is 7.84. The van der Waals surface area contributed by atoms with Gasteiger partial charge in [-0.15, -0.1) is 0 Å². The van der Waals surface area contributed by atoms with Crippen LogP contribution in [0.15, 0.2) is 0 Å². The number of hydrogen-bond donors (Lipinski definition) is 0. The Bertz CT molecular complexity index is 254. The van der Waals surface area contributed by atoms with Gasteiger partial charge < -0.3 is 0 Å². The largest absolute Gasteiger partial charge is 0.299 e. The van der Waals surface area contributed by atoms with E-state index in [0.717, 1.165) is 24.2 Å². The van der Waals surface area contributed by atoms with Crippen LogP contribution >= 0.6 is 0 Å². The van der Waals surface area contributed by atoms with E-state index in [2.05, 4.69) is 13.8 Å². The lowest BCUT2D eigenvalue weighted by atomic mass is 9.64. The topological polar surface area (TPSA) is 17.1 Å². The molecular weight excluding hydrogens is 148 g/mol. The summed E-state index contributed by atoms with van der Waals surface area (Å²) in [5, 5.41) is 0. The molecule has 12 heavy (non-hydrogen) atoms. The third-order valence-corrected chi connectivity index (χ3v) is 5.13. The highest BCUT2D eigenvalue weighted by Gasteiger charge is 2.70. The van der Waals surface area contributed by atoms with Crippen LogP contribution in [0.2, 0.25) is 0 Å². The molecule has 66 valence electrons. The number of Topliss-reactive ketones (excluding diaryl/α,β-unsaturated/α-hetero) is 1. The Hall–Kier alpha value is -0.330. The molecule has 4 aliphatic rings. The normalized spacial score (nSPS) is 61.7. The number of carbonyl (C=O) groups excluding carboxylic acids is 1. The number of hydrogen-bond acceptors (Lipinski definition) is 1. The molecule has 4 saturated carbocycles. The lowest BCUT2D eigenvalue weighted by Gasteiger charge is -2.39. The Labute approximate surface area is 73.5 Å². The van der Waals surface area contributed by atoms with E-state index in [1.165, 1.54) is 12.8 Å². The summed E-state index contributed by atoms with van der Waals surface area (Å²) in [6, 6.07) is 0. The fraction of sp³-hybridized carbons (Fsp3) is 0.909. The second-order valence-corrected chi connectivity index (χ2v) is 5.23. The summed E-state index contributed by atoms with van der Waals surface area (Å²) in [6.45, 7) is 4.75. The van der Waals surface area contributed by atoms with E-state index in [0.29, 0.717) is 17.1 Å². The SMILES string of the molecule is CC1C2C3CCC(CC3=O)C12C. The summed E-state index contributed by atoms with van der Waals surface area (Å²) in [7, 11) is 0. The van der Waals surface area contributed by atoms with Crippen molar-refractivity contribution in [3.8, 4) is 0 Å². The van der Waals surface area contributed by atoms with Crippen molar-refractivity contribution in [3.05, 3.63) is 0 Å². The predicted octanol–water partition coefficient (Wildman–Crippen LogP) is 2.26. The van der Waals surface area contributed by atoms with Crippen molar-refractivity contribution >= 4 is 5.78 Å². The fourth-order valence-corrected chi connectivity index (χ4v) is 4.17. The Morgan fingerprint density at radius 2 is 2.17 bits per heavy atom. The fourth-order valence-electron chi connectivity index (χ4n) is 4.17. The first-order valence-electron chi connectivity index (χ1n) is 5.18. The Morgan fingerprint density at radius 3 is 2.67 bits per heavy atom. The molecule has 5 atom stereocenters. The number of ketones is 1. The second-order valence-electron chi connectivity index (χ2n) is 5.23. The average Bonchev–Trinajstić information content (AvgIpc) is 2.60. The third kappa shape index (κ3) is 0.541. The van der Waals surface area contributed by atoms with Gasteiger partial charge in [0.15, 0.2) is 0 Å². The zero-order chi connectivity index (χ0) is 8.51. The van der Waals surface area contributed by atoms with Gasteiger partial charge in [-0.2, -0.15) is 0 Å². The maximum absolute atomic E-state index is 11.6. The van der Waals surface area contributed by atoms with E-state index < -0.39 is 0 Å². The monoisotopic (exact) mass is 164 g/mol. The van der Waals surface area contributed by atoms with Gasteiger partial charge in [-0.05, 0) is 36.0 Å². The maximum Gasteiger partial charge on any atom is 0.136 e. The molecule has 0 aromatic rings. The summed E-state index contributed by atoms with van der Waals surface area (Å²) in [5.74, 6) is 3.40. The van der Waals surface area contributed by atoms with E-state index in [-0.39, 0.29) is 0 Å². The third-order valence-electron chi connectivity index (χ3n) is 5.13. The van der Waals surface area contributed by atoms with Gasteiger partial charge in [0.05, 0.1) is 0 Å². The number of fused-ring (bicyclic) bond motifs is 2. The van der Waals surface area contributed by atoms with Crippen LogP contribution in [0.25, 0.3) is 0 Å². The lowest BCUT2D eigenvalue weighted by molar-refractivity contribution is -0.131. The molecule has 0 radical (unpaired) electrons. The van der Waals surface area contributed by atoms with Gasteiger partial charge in [-0.25, -0.2) is 0 Å². The average molecular weight is 164 g/mol. The highest BCUT2D eigenvalue weighted by Crippen LogP contribution is 2.73. The molecule has 0 spiro atoms. The molecule has 5 unspecified atom stereocenters. The number of carbonyl (C=O) groups is 1. The number of rotatable bonds is 0. The molecule has 0 N–H and O–H groups in total. The maximum atomic E-state index is 11.6. The molecular formula is C11H16O. The molecule has 4 aliphatic carbocycles. The molecule has 0 aromatic heterocycles. The first-order chi connectivity index (χ1) is 5.65. The van der Waals surface area contributed by atoms with Crippen molar-refractivity contribution in [1.29, 1.82) is 0 Å². The van der Waals surface area contributed by atoms with Gasteiger partial charge in [0.1, 0.15) is 5.78 Å². The minimum absolute atomic E-state index is 0.468. The first-order valence-corrected chi connectivity index (χ1v) is 5.18. The van der Waals surface area contributed by atoms with Gasteiger partial charge in [-0.3, -0.25) is 4.79 Å². The molecule has 0 amide bonds. The van der Waals surface area contributed by atoms with Crippen molar-refractivity contribution < 1.29 is 4.79 Å². The summed E-state index contributed by atoms with van der Waals surface area (Å²) in [5.41, 5.74) is 0.580. The van der Waals surface area contributed by atoms with E-state index in [4.69, 9.17) is 0 Å². The summed E-state index contributed by atoms with van der Waals surface area (Å²) >= 11 is 0. The molecule has 4 rings (SSSR count). The van der Waals surface area contributed by atoms with Crippen molar-refractivity contribution in [1.82, 2.24) is 0 Å². The van der Waals surface area contributed by atoms with E-state index in [9.17, 15) is 4.79 Å². The van der Waals surface area contributed by atoms with Crippen molar-refractivity contribution in [2.45, 2.75) is 33.1 Å². The van der Waals surface area contributed by atoms with Crippen LogP contribution in [0.5, 0.6) is 0 Å². The molecule has 1 nitrogen and oxygen atoms in total. The van der Waals surface area contributed by atoms with E-state index in [1.54, 1.807) is 0 Å². The van der Waals surface area contributed by atoms with E-state index >= 15 is 0 Å². The van der Waals surface area contributed by atoms with Crippen LogP contribution in [-0.2, 0) is 4.79 Å². The lowest BCUT2D eigenvalue weighted by Crippen LogP contribution is -2.38. The molecule has 1 heteroatoms. The van der Waals surface area contributed by atoms with Gasteiger partial charge >= 0.3 is 0 Å². The molecule has 2 bridgehead atoms. The molecule has 0 saturated heterocycles. The highest BCUT2D eigenvalue weighted by atomic mass is 16.1. The van der Waals surface area contributed by atoms with Gasteiger partial charge in [0.2, 0.25) is 0 Å². The summed E-state index contributed by atoms with van der Waals surface area (Å²) in [6.07, 6.45) is 3.43. The summed E-state index contributed by atoms with van der Waals surface area (Å²) < 4.78 is 0. The second kappa shape index (κ2) is 1.78. The van der Waals surface area contributed by atoms with Gasteiger partial charge in [0.25, 0.3) is 0 Å². The van der Waals surface area contributed by atoms with Crippen LogP contribution in [0.1, 0.15) is 33.1 Å². The first kappa shape index (κ1) is 7.11. The van der Waals surface area contributed by atoms with Gasteiger partial charge in [-0.1, -0.05) is 13.8 Å². The van der Waals surface area contributed by atoms with Crippen LogP contribution in [0, 0.1) is 29.1 Å². The van der Waals surface area contributed by atoms with Crippen LogP contribution < -0.4 is 0 Å². The smallest absolute Gasteiger partial charge is 0.136 e. The predicted molar refractivity (Wildman–Crippen MR) is 46.6 cm³/mol.